The minimum absolute atomic E-state index is 0.0159. The molecule has 3 aromatic rings. The normalized spacial score (nSPS) is 10.8. The van der Waals surface area contributed by atoms with Crippen molar-refractivity contribution >= 4 is 28.2 Å². The van der Waals surface area contributed by atoms with Crippen molar-refractivity contribution in [2.75, 3.05) is 5.73 Å². The summed E-state index contributed by atoms with van der Waals surface area (Å²) in [6, 6.07) is 8.64. The fourth-order valence-electron chi connectivity index (χ4n) is 1.84. The molecule has 0 atom stereocenters. The zero-order valence-electron chi connectivity index (χ0n) is 10.6. The van der Waals surface area contributed by atoms with E-state index in [1.54, 1.807) is 12.1 Å². The Kier molecular flexibility index (Phi) is 3.23. The van der Waals surface area contributed by atoms with Gasteiger partial charge in [-0.25, -0.2) is 4.39 Å². The molecule has 7 heteroatoms. The lowest BCUT2D eigenvalue weighted by Crippen LogP contribution is -2.09. The number of hydrogen-bond donors (Lipinski definition) is 2. The summed E-state index contributed by atoms with van der Waals surface area (Å²) in [6.07, 6.45) is 0. The monoisotopic (exact) mass is 305 g/mol. The van der Waals surface area contributed by atoms with Crippen LogP contribution in [0.1, 0.15) is 0 Å². The van der Waals surface area contributed by atoms with E-state index < -0.39 is 11.4 Å². The summed E-state index contributed by atoms with van der Waals surface area (Å²) in [5.74, 6) is -0.445. The lowest BCUT2D eigenvalue weighted by molar-refractivity contribution is 0.439. The summed E-state index contributed by atoms with van der Waals surface area (Å²) in [5.41, 5.74) is 6.12. The molecular formula is C14H9ClFN3O2. The molecule has 0 aliphatic heterocycles. The van der Waals surface area contributed by atoms with Gasteiger partial charge in [0.1, 0.15) is 11.6 Å². The number of nitrogens with two attached hydrogens (primary N) is 1. The number of rotatable bonds is 2. The smallest absolute Gasteiger partial charge is 0.302 e. The van der Waals surface area contributed by atoms with Gasteiger partial charge in [-0.05, 0) is 30.3 Å². The molecular weight excluding hydrogens is 297 g/mol. The van der Waals surface area contributed by atoms with Gasteiger partial charge in [0.05, 0.1) is 15.9 Å². The van der Waals surface area contributed by atoms with Crippen molar-refractivity contribution in [2.45, 2.75) is 0 Å². The van der Waals surface area contributed by atoms with Crippen molar-refractivity contribution in [2.24, 2.45) is 0 Å². The van der Waals surface area contributed by atoms with E-state index in [0.717, 1.165) is 6.07 Å². The molecule has 0 aliphatic carbocycles. The fraction of sp³-hybridized carbons (Fsp3) is 0. The average molecular weight is 306 g/mol. The second-order valence-electron chi connectivity index (χ2n) is 4.33. The van der Waals surface area contributed by atoms with Gasteiger partial charge in [0.15, 0.2) is 0 Å². The van der Waals surface area contributed by atoms with Crippen LogP contribution in [0.25, 0.3) is 10.9 Å². The molecule has 3 N–H and O–H groups in total. The largest absolute Gasteiger partial charge is 0.425 e. The maximum Gasteiger partial charge on any atom is 0.302 e. The van der Waals surface area contributed by atoms with Crippen molar-refractivity contribution in [3.8, 4) is 11.8 Å². The van der Waals surface area contributed by atoms with Gasteiger partial charge >= 0.3 is 6.01 Å². The van der Waals surface area contributed by atoms with Crippen molar-refractivity contribution in [1.82, 2.24) is 9.97 Å². The van der Waals surface area contributed by atoms with E-state index in [9.17, 15) is 9.18 Å². The summed E-state index contributed by atoms with van der Waals surface area (Å²) < 4.78 is 18.7. The molecule has 0 saturated carbocycles. The molecule has 0 amide bonds. The molecule has 0 saturated heterocycles. The van der Waals surface area contributed by atoms with E-state index in [1.807, 2.05) is 0 Å². The summed E-state index contributed by atoms with van der Waals surface area (Å²) >= 11 is 5.59. The van der Waals surface area contributed by atoms with Crippen molar-refractivity contribution < 1.29 is 9.13 Å². The van der Waals surface area contributed by atoms with E-state index >= 15 is 0 Å². The minimum atomic E-state index is -0.620. The van der Waals surface area contributed by atoms with Crippen LogP contribution >= 0.6 is 11.6 Å². The standard InChI is InChI=1S/C14H9ClFN3O2/c15-10-3-2-8(6-11(10)16)21-14-18-12-4-1-7(17)5-9(12)13(20)19-14/h1-6H,17H2,(H,18,19,20). The zero-order chi connectivity index (χ0) is 15.0. The van der Waals surface area contributed by atoms with Gasteiger partial charge in [-0.15, -0.1) is 0 Å². The maximum atomic E-state index is 13.3. The molecule has 0 bridgehead atoms. The number of ether oxygens (including phenoxy) is 1. The number of H-pyrrole nitrogens is 1. The van der Waals surface area contributed by atoms with Gasteiger partial charge in [0, 0.05) is 11.8 Å². The third-order valence-corrected chi connectivity index (χ3v) is 3.12. The number of halogens is 2. The first-order chi connectivity index (χ1) is 10.0. The van der Waals surface area contributed by atoms with Gasteiger partial charge in [0.25, 0.3) is 5.56 Å². The number of nitrogens with zero attached hydrogens (tertiary/aromatic N) is 1. The Balaban J connectivity index is 2.03. The van der Waals surface area contributed by atoms with Gasteiger partial charge in [0.2, 0.25) is 0 Å². The van der Waals surface area contributed by atoms with Crippen LogP contribution in [-0.4, -0.2) is 9.97 Å². The minimum Gasteiger partial charge on any atom is -0.425 e. The van der Waals surface area contributed by atoms with Crippen molar-refractivity contribution in [1.29, 1.82) is 0 Å². The number of aromatic amines is 1. The predicted octanol–water partition coefficient (Wildman–Crippen LogP) is 3.09. The number of benzene rings is 2. The highest BCUT2D eigenvalue weighted by molar-refractivity contribution is 6.30. The molecule has 0 aliphatic rings. The zero-order valence-corrected chi connectivity index (χ0v) is 11.3. The molecule has 0 unspecified atom stereocenters. The Bertz CT molecular complexity index is 895. The van der Waals surface area contributed by atoms with Crippen molar-refractivity contribution in [3.05, 3.63) is 57.6 Å². The van der Waals surface area contributed by atoms with Crippen LogP contribution in [0.3, 0.4) is 0 Å². The number of fused-ring (bicyclic) bond motifs is 1. The third-order valence-electron chi connectivity index (χ3n) is 2.81. The Morgan fingerprint density at radius 3 is 2.81 bits per heavy atom. The lowest BCUT2D eigenvalue weighted by atomic mass is 10.2. The highest BCUT2D eigenvalue weighted by Gasteiger charge is 2.08. The Labute approximate surface area is 123 Å². The summed E-state index contributed by atoms with van der Waals surface area (Å²) in [4.78, 5) is 18.5. The first kappa shape index (κ1) is 13.4. The van der Waals surface area contributed by atoms with E-state index in [-0.39, 0.29) is 16.8 Å². The molecule has 5 nitrogen and oxygen atoms in total. The molecule has 106 valence electrons. The number of hydrogen-bond acceptors (Lipinski definition) is 4. The molecule has 21 heavy (non-hydrogen) atoms. The fourth-order valence-corrected chi connectivity index (χ4v) is 1.95. The van der Waals surface area contributed by atoms with Gasteiger partial charge in [-0.1, -0.05) is 11.6 Å². The highest BCUT2D eigenvalue weighted by Crippen LogP contribution is 2.24. The van der Waals surface area contributed by atoms with Crippen LogP contribution in [-0.2, 0) is 0 Å². The Hall–Kier alpha value is -2.60. The number of nitrogens with one attached hydrogen (secondary N) is 1. The Morgan fingerprint density at radius 1 is 1.24 bits per heavy atom. The second-order valence-corrected chi connectivity index (χ2v) is 4.73. The molecule has 0 spiro atoms. The summed E-state index contributed by atoms with van der Waals surface area (Å²) in [5, 5.41) is 0.336. The number of nitrogen functional groups attached to an aromatic ring is 1. The first-order valence-corrected chi connectivity index (χ1v) is 6.33. The van der Waals surface area contributed by atoms with Crippen LogP contribution < -0.4 is 16.0 Å². The van der Waals surface area contributed by atoms with E-state index in [0.29, 0.717) is 16.6 Å². The predicted molar refractivity (Wildman–Crippen MR) is 78.3 cm³/mol. The highest BCUT2D eigenvalue weighted by atomic mass is 35.5. The van der Waals surface area contributed by atoms with Crippen LogP contribution in [0.15, 0.2) is 41.2 Å². The SMILES string of the molecule is Nc1ccc2nc(Oc3ccc(Cl)c(F)c3)[nH]c(=O)c2c1. The van der Waals surface area contributed by atoms with Crippen molar-refractivity contribution in [3.63, 3.8) is 0 Å². The van der Waals surface area contributed by atoms with E-state index in [1.165, 1.54) is 18.2 Å². The quantitative estimate of drug-likeness (QED) is 0.713. The van der Waals surface area contributed by atoms with Gasteiger partial charge in [-0.2, -0.15) is 4.98 Å². The van der Waals surface area contributed by atoms with E-state index in [2.05, 4.69) is 9.97 Å². The van der Waals surface area contributed by atoms with Gasteiger partial charge < -0.3 is 10.5 Å². The molecule has 0 fully saturated rings. The van der Waals surface area contributed by atoms with Crippen LogP contribution in [0.5, 0.6) is 11.8 Å². The molecule has 1 heterocycles. The summed E-state index contributed by atoms with van der Waals surface area (Å²) in [7, 11) is 0. The van der Waals surface area contributed by atoms with Crippen LogP contribution in [0.4, 0.5) is 10.1 Å². The lowest BCUT2D eigenvalue weighted by Gasteiger charge is -2.06. The number of anilines is 1. The molecule has 1 aromatic heterocycles. The number of aromatic nitrogens is 2. The molecule has 2 aromatic carbocycles. The summed E-state index contributed by atoms with van der Waals surface area (Å²) in [6.45, 7) is 0. The molecule has 0 radical (unpaired) electrons. The maximum absolute atomic E-state index is 13.3. The van der Waals surface area contributed by atoms with Crippen LogP contribution in [0, 0.1) is 5.82 Å². The first-order valence-electron chi connectivity index (χ1n) is 5.95. The Morgan fingerprint density at radius 2 is 2.05 bits per heavy atom. The van der Waals surface area contributed by atoms with Crippen LogP contribution in [0.2, 0.25) is 5.02 Å². The molecule has 3 rings (SSSR count). The second kappa shape index (κ2) is 5.06. The average Bonchev–Trinajstić information content (AvgIpc) is 2.44. The van der Waals surface area contributed by atoms with Gasteiger partial charge in [-0.3, -0.25) is 9.78 Å². The van der Waals surface area contributed by atoms with E-state index in [4.69, 9.17) is 22.1 Å². The topological polar surface area (TPSA) is 81.0 Å². The third kappa shape index (κ3) is 2.66.